The van der Waals surface area contributed by atoms with E-state index in [1.54, 1.807) is 0 Å². The molecule has 5 nitrogen and oxygen atoms in total. The number of hydrogen-bond acceptors (Lipinski definition) is 5. The van der Waals surface area contributed by atoms with Crippen molar-refractivity contribution in [2.24, 2.45) is 9.98 Å². The molecule has 0 atom stereocenters. The molecular formula is C43H31N3O2. The molecule has 1 aromatic heterocycles. The molecule has 0 saturated heterocycles. The van der Waals surface area contributed by atoms with Gasteiger partial charge in [-0.25, -0.2) is 4.99 Å². The molecule has 7 aromatic rings. The third kappa shape index (κ3) is 4.25. The van der Waals surface area contributed by atoms with Gasteiger partial charge in [-0.15, -0.1) is 0 Å². The van der Waals surface area contributed by atoms with Crippen molar-refractivity contribution < 1.29 is 9.15 Å². The number of furan rings is 1. The monoisotopic (exact) mass is 621 g/mol. The standard InChI is InChI=1S/C43H31N3O2/c1-44-34-22-12-10-20-31(34)36-37-33-25-24-26-14-6-7-17-28(26)41(33)48-42(37)30-19-9-8-18-29(30)40(36)46-43-38(32-21-11-13-23-35(32)47-43)39(45-2)27-15-4-3-5-16-27/h3-9,11-19,21-25,44H,2,10,20H2,1H3/b39-38-,46-43?. The minimum Gasteiger partial charge on any atom is -0.455 e. The van der Waals surface area contributed by atoms with Gasteiger partial charge < -0.3 is 14.5 Å². The van der Waals surface area contributed by atoms with E-state index in [0.717, 1.165) is 101 Å². The van der Waals surface area contributed by atoms with E-state index in [9.17, 15) is 0 Å². The van der Waals surface area contributed by atoms with Crippen LogP contribution in [0.1, 0.15) is 29.5 Å². The van der Waals surface area contributed by atoms with Gasteiger partial charge in [-0.05, 0) is 48.7 Å². The summed E-state index contributed by atoms with van der Waals surface area (Å²) < 4.78 is 13.6. The summed E-state index contributed by atoms with van der Waals surface area (Å²) in [6.45, 7) is 4.00. The fourth-order valence-corrected chi connectivity index (χ4v) is 7.32. The number of nitrogens with zero attached hydrogens (tertiary/aromatic N) is 2. The molecule has 0 amide bonds. The van der Waals surface area contributed by atoms with E-state index in [1.165, 1.54) is 5.57 Å². The number of para-hydroxylation sites is 1. The molecule has 9 rings (SSSR count). The number of benzene rings is 6. The third-order valence-corrected chi connectivity index (χ3v) is 9.47. The second kappa shape index (κ2) is 11.2. The lowest BCUT2D eigenvalue weighted by molar-refractivity contribution is 0.571. The van der Waals surface area contributed by atoms with Gasteiger partial charge in [-0.2, -0.15) is 0 Å². The predicted molar refractivity (Wildman–Crippen MR) is 200 cm³/mol. The van der Waals surface area contributed by atoms with Crippen molar-refractivity contribution in [3.05, 3.63) is 150 Å². The quantitative estimate of drug-likeness (QED) is 0.195. The maximum Gasteiger partial charge on any atom is 0.230 e. The van der Waals surface area contributed by atoms with Crippen LogP contribution in [0.5, 0.6) is 5.75 Å². The van der Waals surface area contributed by atoms with Gasteiger partial charge in [0.05, 0.1) is 17.0 Å². The minimum atomic E-state index is 0.490. The second-order valence-electron chi connectivity index (χ2n) is 12.1. The Morgan fingerprint density at radius 2 is 1.50 bits per heavy atom. The lowest BCUT2D eigenvalue weighted by Crippen LogP contribution is -2.10. The number of nitrogens with one attached hydrogen (secondary N) is 1. The zero-order valence-electron chi connectivity index (χ0n) is 26.5. The van der Waals surface area contributed by atoms with Crippen LogP contribution in [0.3, 0.4) is 0 Å². The van der Waals surface area contributed by atoms with Crippen molar-refractivity contribution in [1.82, 2.24) is 5.32 Å². The van der Waals surface area contributed by atoms with E-state index in [2.05, 4.69) is 95.9 Å². The molecule has 48 heavy (non-hydrogen) atoms. The van der Waals surface area contributed by atoms with Crippen LogP contribution in [0, 0.1) is 0 Å². The highest BCUT2D eigenvalue weighted by atomic mass is 16.5. The van der Waals surface area contributed by atoms with Gasteiger partial charge in [0, 0.05) is 56.4 Å². The number of rotatable bonds is 5. The summed E-state index contributed by atoms with van der Waals surface area (Å²) in [5.41, 5.74) is 9.30. The number of aliphatic imine (C=N–C) groups is 2. The SMILES string of the molecule is C=N/C(=C1\C(=Nc2c(C3=C(NC)C=CCC3)c3c4ccc5ccccc5c4oc3c3ccccc23)Oc2ccccc21)c1ccccc1. The van der Waals surface area contributed by atoms with Gasteiger partial charge in [-0.1, -0.05) is 109 Å². The highest BCUT2D eigenvalue weighted by Crippen LogP contribution is 2.50. The molecule has 230 valence electrons. The van der Waals surface area contributed by atoms with Crippen LogP contribution in [0.15, 0.2) is 148 Å². The van der Waals surface area contributed by atoms with Crippen LogP contribution < -0.4 is 10.1 Å². The highest BCUT2D eigenvalue weighted by Gasteiger charge is 2.31. The van der Waals surface area contributed by atoms with Crippen molar-refractivity contribution in [2.45, 2.75) is 12.8 Å². The Morgan fingerprint density at radius 3 is 2.33 bits per heavy atom. The molecule has 2 aliphatic rings. The fraction of sp³-hybridized carbons (Fsp3) is 0.0698. The number of allylic oxidation sites excluding steroid dienone is 3. The molecule has 0 spiro atoms. The average Bonchev–Trinajstić information content (AvgIpc) is 3.72. The van der Waals surface area contributed by atoms with Crippen molar-refractivity contribution in [2.75, 3.05) is 7.05 Å². The Kier molecular flexibility index (Phi) is 6.57. The first kappa shape index (κ1) is 28.1. The second-order valence-corrected chi connectivity index (χ2v) is 12.1. The van der Waals surface area contributed by atoms with Crippen LogP contribution in [-0.2, 0) is 0 Å². The van der Waals surface area contributed by atoms with Crippen LogP contribution in [-0.4, -0.2) is 19.7 Å². The number of fused-ring (bicyclic) bond motifs is 8. The van der Waals surface area contributed by atoms with Gasteiger partial charge >= 0.3 is 0 Å². The highest BCUT2D eigenvalue weighted by molar-refractivity contribution is 6.33. The Bertz CT molecular complexity index is 2580. The summed E-state index contributed by atoms with van der Waals surface area (Å²) in [6, 6.07) is 39.3. The topological polar surface area (TPSA) is 59.1 Å². The van der Waals surface area contributed by atoms with Gasteiger partial charge in [0.25, 0.3) is 0 Å². The Morgan fingerprint density at radius 1 is 0.750 bits per heavy atom. The molecule has 0 fully saturated rings. The first-order valence-corrected chi connectivity index (χ1v) is 16.2. The molecule has 2 heterocycles. The van der Waals surface area contributed by atoms with E-state index in [0.29, 0.717) is 5.90 Å². The minimum absolute atomic E-state index is 0.490. The Hall–Kier alpha value is -6.20. The molecule has 1 N–H and O–H groups in total. The van der Waals surface area contributed by atoms with Gasteiger partial charge in [-0.3, -0.25) is 4.99 Å². The van der Waals surface area contributed by atoms with Crippen molar-refractivity contribution in [1.29, 1.82) is 0 Å². The molecule has 1 aliphatic heterocycles. The summed E-state index contributed by atoms with van der Waals surface area (Å²) in [5, 5.41) is 9.81. The summed E-state index contributed by atoms with van der Waals surface area (Å²) in [6.07, 6.45) is 6.18. The lowest BCUT2D eigenvalue weighted by atomic mass is 9.87. The third-order valence-electron chi connectivity index (χ3n) is 9.47. The number of ether oxygens (including phenoxy) is 1. The van der Waals surface area contributed by atoms with Crippen LogP contribution in [0.25, 0.3) is 60.3 Å². The first-order chi connectivity index (χ1) is 23.7. The fourth-order valence-electron chi connectivity index (χ4n) is 7.32. The maximum absolute atomic E-state index is 6.92. The Balaban J connectivity index is 1.46. The van der Waals surface area contributed by atoms with Crippen LogP contribution in [0.2, 0.25) is 0 Å². The van der Waals surface area contributed by atoms with Gasteiger partial charge in [0.15, 0.2) is 0 Å². The molecule has 0 saturated carbocycles. The maximum atomic E-state index is 6.92. The normalized spacial score (nSPS) is 16.2. The predicted octanol–water partition coefficient (Wildman–Crippen LogP) is 10.9. The van der Waals surface area contributed by atoms with E-state index in [1.807, 2.05) is 55.6 Å². The average molecular weight is 622 g/mol. The van der Waals surface area contributed by atoms with Gasteiger partial charge in [0.2, 0.25) is 5.90 Å². The zero-order valence-corrected chi connectivity index (χ0v) is 26.5. The summed E-state index contributed by atoms with van der Waals surface area (Å²) in [5.74, 6) is 1.23. The molecule has 6 aromatic carbocycles. The van der Waals surface area contributed by atoms with Crippen LogP contribution >= 0.6 is 0 Å². The van der Waals surface area contributed by atoms with E-state index in [4.69, 9.17) is 14.1 Å². The largest absolute Gasteiger partial charge is 0.455 e. The van der Waals surface area contributed by atoms with Gasteiger partial charge in [0.1, 0.15) is 16.9 Å². The number of likely N-dealkylation sites (N-methyl/N-ethyl adjacent to an activating group) is 1. The molecule has 0 radical (unpaired) electrons. The van der Waals surface area contributed by atoms with Crippen molar-refractivity contribution in [3.8, 4) is 5.75 Å². The molecule has 5 heteroatoms. The van der Waals surface area contributed by atoms with E-state index >= 15 is 0 Å². The molecule has 0 bridgehead atoms. The lowest BCUT2D eigenvalue weighted by Gasteiger charge is -2.20. The molecule has 1 aliphatic carbocycles. The van der Waals surface area contributed by atoms with Crippen molar-refractivity contribution >= 4 is 78.6 Å². The van der Waals surface area contributed by atoms with E-state index in [-0.39, 0.29) is 0 Å². The Labute approximate surface area is 277 Å². The van der Waals surface area contributed by atoms with E-state index < -0.39 is 0 Å². The molecular weight excluding hydrogens is 590 g/mol. The summed E-state index contributed by atoms with van der Waals surface area (Å²) >= 11 is 0. The smallest absolute Gasteiger partial charge is 0.230 e. The van der Waals surface area contributed by atoms with Crippen molar-refractivity contribution in [3.63, 3.8) is 0 Å². The first-order valence-electron chi connectivity index (χ1n) is 16.2. The summed E-state index contributed by atoms with van der Waals surface area (Å²) in [7, 11) is 1.98. The number of hydrogen-bond donors (Lipinski definition) is 1. The zero-order chi connectivity index (χ0) is 32.2. The van der Waals surface area contributed by atoms with Crippen LogP contribution in [0.4, 0.5) is 5.69 Å². The summed E-state index contributed by atoms with van der Waals surface area (Å²) in [4.78, 5) is 10.1. The molecule has 0 unspecified atom stereocenters.